The number of carbonyl (C=O) groups is 1. The summed E-state index contributed by atoms with van der Waals surface area (Å²) in [4.78, 5) is 12.8. The summed E-state index contributed by atoms with van der Waals surface area (Å²) >= 11 is 0. The van der Waals surface area contributed by atoms with Gasteiger partial charge in [0, 0.05) is 44.9 Å². The van der Waals surface area contributed by atoms with Gasteiger partial charge in [-0.1, -0.05) is 6.92 Å². The number of aryl methyl sites for hydroxylation is 2. The van der Waals surface area contributed by atoms with Crippen LogP contribution in [0.1, 0.15) is 45.0 Å². The van der Waals surface area contributed by atoms with Gasteiger partial charge < -0.3 is 9.47 Å². The lowest BCUT2D eigenvalue weighted by Crippen LogP contribution is -2.47. The normalized spacial score (nSPS) is 17.9. The second-order valence-corrected chi connectivity index (χ2v) is 5.44. The van der Waals surface area contributed by atoms with Gasteiger partial charge in [0.2, 0.25) is 0 Å². The van der Waals surface area contributed by atoms with Crippen molar-refractivity contribution in [3.63, 3.8) is 0 Å². The Morgan fingerprint density at radius 2 is 2.10 bits per heavy atom. The summed E-state index contributed by atoms with van der Waals surface area (Å²) in [5.74, 6) is 0.157. The molecule has 0 atom stereocenters. The van der Waals surface area contributed by atoms with Crippen LogP contribution in [0.25, 0.3) is 0 Å². The predicted octanol–water partition coefficient (Wildman–Crippen LogP) is 2.16. The van der Waals surface area contributed by atoms with E-state index < -0.39 is 5.60 Å². The first-order valence-corrected chi connectivity index (χ1v) is 7.95. The van der Waals surface area contributed by atoms with Gasteiger partial charge in [-0.3, -0.25) is 9.48 Å². The monoisotopic (exact) mass is 294 g/mol. The first-order chi connectivity index (χ1) is 10.1. The molecule has 0 radical (unpaired) electrons. The zero-order valence-corrected chi connectivity index (χ0v) is 13.4. The molecule has 0 spiro atoms. The van der Waals surface area contributed by atoms with Crippen LogP contribution >= 0.6 is 0 Å². The van der Waals surface area contributed by atoms with Gasteiger partial charge in [-0.15, -0.1) is 0 Å². The molecule has 1 aliphatic heterocycles. The van der Waals surface area contributed by atoms with Gasteiger partial charge in [-0.2, -0.15) is 5.10 Å². The van der Waals surface area contributed by atoms with Crippen LogP contribution in [0.5, 0.6) is 0 Å². The zero-order valence-electron chi connectivity index (χ0n) is 13.4. The van der Waals surface area contributed by atoms with Gasteiger partial charge >= 0.3 is 0 Å². The van der Waals surface area contributed by atoms with Gasteiger partial charge in [-0.25, -0.2) is 0 Å². The first kappa shape index (κ1) is 16.2. The molecule has 0 bridgehead atoms. The molecule has 1 aromatic rings. The smallest absolute Gasteiger partial charge is 0.170 e. The molecule has 1 saturated heterocycles. The number of aromatic nitrogens is 2. The van der Waals surface area contributed by atoms with Crippen LogP contribution in [0, 0.1) is 0 Å². The quantitative estimate of drug-likeness (QED) is 0.773. The van der Waals surface area contributed by atoms with E-state index in [4.69, 9.17) is 9.47 Å². The minimum absolute atomic E-state index is 0.157. The Morgan fingerprint density at radius 1 is 1.38 bits per heavy atom. The SMILES string of the molecule is CCOC1(C(=O)Cc2cc(CC)nn2CC)CCOCC1. The highest BCUT2D eigenvalue weighted by Gasteiger charge is 2.40. The van der Waals surface area contributed by atoms with E-state index in [2.05, 4.69) is 12.0 Å². The molecule has 0 N–H and O–H groups in total. The number of nitrogens with zero attached hydrogens (tertiary/aromatic N) is 2. The molecule has 5 heteroatoms. The summed E-state index contributed by atoms with van der Waals surface area (Å²) in [7, 11) is 0. The summed E-state index contributed by atoms with van der Waals surface area (Å²) in [6.07, 6.45) is 2.58. The van der Waals surface area contributed by atoms with Crippen LogP contribution < -0.4 is 0 Å². The van der Waals surface area contributed by atoms with Crippen LogP contribution in [-0.2, 0) is 33.7 Å². The van der Waals surface area contributed by atoms with E-state index in [0.717, 1.165) is 24.4 Å². The number of ether oxygens (including phenoxy) is 2. The Labute approximate surface area is 126 Å². The molecule has 1 fully saturated rings. The number of hydrogen-bond donors (Lipinski definition) is 0. The highest BCUT2D eigenvalue weighted by atomic mass is 16.5. The fourth-order valence-corrected chi connectivity index (χ4v) is 2.91. The molecule has 118 valence electrons. The Morgan fingerprint density at radius 3 is 2.67 bits per heavy atom. The molecule has 0 unspecified atom stereocenters. The third-order valence-corrected chi connectivity index (χ3v) is 4.15. The van der Waals surface area contributed by atoms with E-state index in [9.17, 15) is 4.79 Å². The number of rotatable bonds is 7. The summed E-state index contributed by atoms with van der Waals surface area (Å²) in [5.41, 5.74) is 1.37. The average Bonchev–Trinajstić information content (AvgIpc) is 2.90. The van der Waals surface area contributed by atoms with Crippen molar-refractivity contribution < 1.29 is 14.3 Å². The molecular formula is C16H26N2O3. The fraction of sp³-hybridized carbons (Fsp3) is 0.750. The molecule has 1 aliphatic rings. The van der Waals surface area contributed by atoms with Crippen LogP contribution in [0.15, 0.2) is 6.07 Å². The lowest BCUT2D eigenvalue weighted by molar-refractivity contribution is -0.156. The summed E-state index contributed by atoms with van der Waals surface area (Å²) < 4.78 is 13.2. The largest absolute Gasteiger partial charge is 0.381 e. The van der Waals surface area contributed by atoms with E-state index in [1.54, 1.807) is 0 Å². The lowest BCUT2D eigenvalue weighted by atomic mass is 9.87. The summed E-state index contributed by atoms with van der Waals surface area (Å²) in [6, 6.07) is 2.04. The molecule has 0 aliphatic carbocycles. The Hall–Kier alpha value is -1.20. The maximum absolute atomic E-state index is 12.8. The maximum Gasteiger partial charge on any atom is 0.170 e. The van der Waals surface area contributed by atoms with E-state index >= 15 is 0 Å². The van der Waals surface area contributed by atoms with Crippen molar-refractivity contribution in [2.75, 3.05) is 19.8 Å². The van der Waals surface area contributed by atoms with Gasteiger partial charge in [0.25, 0.3) is 0 Å². The maximum atomic E-state index is 12.8. The van der Waals surface area contributed by atoms with Crippen molar-refractivity contribution in [1.82, 2.24) is 9.78 Å². The fourth-order valence-electron chi connectivity index (χ4n) is 2.91. The number of hydrogen-bond acceptors (Lipinski definition) is 4. The predicted molar refractivity (Wildman–Crippen MR) is 80.4 cm³/mol. The second kappa shape index (κ2) is 7.18. The molecular weight excluding hydrogens is 268 g/mol. The summed E-state index contributed by atoms with van der Waals surface area (Å²) in [5, 5.41) is 4.51. The minimum atomic E-state index is -0.664. The topological polar surface area (TPSA) is 53.3 Å². The molecule has 5 nitrogen and oxygen atoms in total. The van der Waals surface area contributed by atoms with Gasteiger partial charge in [-0.05, 0) is 26.3 Å². The number of Topliss-reactive ketones (excluding diaryl/α,β-unsaturated/α-hetero) is 1. The molecule has 0 amide bonds. The third-order valence-electron chi connectivity index (χ3n) is 4.15. The Balaban J connectivity index is 2.16. The molecule has 2 rings (SSSR count). The second-order valence-electron chi connectivity index (χ2n) is 5.44. The number of ketones is 1. The van der Waals surface area contributed by atoms with Crippen LogP contribution in [0.2, 0.25) is 0 Å². The van der Waals surface area contributed by atoms with Crippen molar-refractivity contribution >= 4 is 5.78 Å². The van der Waals surface area contributed by atoms with Crippen molar-refractivity contribution in [1.29, 1.82) is 0 Å². The first-order valence-electron chi connectivity index (χ1n) is 7.95. The van der Waals surface area contributed by atoms with E-state index in [-0.39, 0.29) is 5.78 Å². The molecule has 21 heavy (non-hydrogen) atoms. The molecule has 0 saturated carbocycles. The standard InChI is InChI=1S/C16H26N2O3/c1-4-13-11-14(18(5-2)17-13)12-15(19)16(21-6-3)7-9-20-10-8-16/h11H,4-10,12H2,1-3H3. The highest BCUT2D eigenvalue weighted by molar-refractivity contribution is 5.89. The molecule has 1 aromatic heterocycles. The van der Waals surface area contributed by atoms with Crippen LogP contribution in [0.4, 0.5) is 0 Å². The Bertz CT molecular complexity index is 470. The highest BCUT2D eigenvalue weighted by Crippen LogP contribution is 2.28. The zero-order chi connectivity index (χ0) is 15.3. The van der Waals surface area contributed by atoms with Crippen molar-refractivity contribution in [2.45, 2.75) is 58.6 Å². The van der Waals surface area contributed by atoms with Gasteiger partial charge in [0.05, 0.1) is 12.1 Å². The minimum Gasteiger partial charge on any atom is -0.381 e. The van der Waals surface area contributed by atoms with Crippen LogP contribution in [0.3, 0.4) is 0 Å². The van der Waals surface area contributed by atoms with Crippen molar-refractivity contribution in [3.8, 4) is 0 Å². The van der Waals surface area contributed by atoms with E-state index in [1.807, 2.05) is 24.6 Å². The molecule has 2 heterocycles. The van der Waals surface area contributed by atoms with Gasteiger partial charge in [0.1, 0.15) is 5.60 Å². The van der Waals surface area contributed by atoms with Crippen molar-refractivity contribution in [3.05, 3.63) is 17.5 Å². The van der Waals surface area contributed by atoms with Gasteiger partial charge in [0.15, 0.2) is 5.78 Å². The molecule has 0 aromatic carbocycles. The number of carbonyl (C=O) groups excluding carboxylic acids is 1. The van der Waals surface area contributed by atoms with Crippen LogP contribution in [-0.4, -0.2) is 41.0 Å². The van der Waals surface area contributed by atoms with Crippen molar-refractivity contribution in [2.24, 2.45) is 0 Å². The Kier molecular flexibility index (Phi) is 5.53. The van der Waals surface area contributed by atoms with E-state index in [0.29, 0.717) is 39.1 Å². The van der Waals surface area contributed by atoms with E-state index in [1.165, 1.54) is 0 Å². The lowest BCUT2D eigenvalue weighted by Gasteiger charge is -2.35. The summed E-state index contributed by atoms with van der Waals surface area (Å²) in [6.45, 7) is 8.60. The average molecular weight is 294 g/mol. The third kappa shape index (κ3) is 3.52.